The lowest BCUT2D eigenvalue weighted by molar-refractivity contribution is -0.192. The van der Waals surface area contributed by atoms with Crippen LogP contribution in [0.15, 0.2) is 41.6 Å². The summed E-state index contributed by atoms with van der Waals surface area (Å²) >= 11 is 0. The highest BCUT2D eigenvalue weighted by Crippen LogP contribution is 2.40. The number of rotatable bonds is 4. The van der Waals surface area contributed by atoms with E-state index < -0.39 is 22.2 Å². The molecule has 0 radical (unpaired) electrons. The van der Waals surface area contributed by atoms with Gasteiger partial charge in [0.2, 0.25) is 10.0 Å². The van der Waals surface area contributed by atoms with Gasteiger partial charge in [-0.2, -0.15) is 22.6 Å². The second-order valence-corrected chi connectivity index (χ2v) is 12.2. The zero-order chi connectivity index (χ0) is 28.3. The summed E-state index contributed by atoms with van der Waals surface area (Å²) in [5.74, 6) is -2.29. The van der Waals surface area contributed by atoms with Crippen LogP contribution in [0, 0.1) is 5.41 Å². The molecule has 13 heteroatoms. The fraction of sp³-hybridized carbons (Fsp3) is 0.600. The van der Waals surface area contributed by atoms with Gasteiger partial charge < -0.3 is 9.84 Å². The van der Waals surface area contributed by atoms with E-state index in [9.17, 15) is 21.6 Å². The highest BCUT2D eigenvalue weighted by atomic mass is 32.2. The van der Waals surface area contributed by atoms with Crippen LogP contribution >= 0.6 is 0 Å². The van der Waals surface area contributed by atoms with Gasteiger partial charge >= 0.3 is 12.1 Å². The molecule has 0 aliphatic carbocycles. The van der Waals surface area contributed by atoms with Gasteiger partial charge in [-0.3, -0.25) is 9.58 Å². The molecule has 0 amide bonds. The molecule has 4 rings (SSSR count). The lowest BCUT2D eigenvalue weighted by Gasteiger charge is -2.45. The molecule has 1 aromatic heterocycles. The highest BCUT2D eigenvalue weighted by Gasteiger charge is 2.43. The number of carbonyl (C=O) groups is 1. The van der Waals surface area contributed by atoms with Crippen molar-refractivity contribution in [3.63, 3.8) is 0 Å². The van der Waals surface area contributed by atoms with Crippen LogP contribution in [0.2, 0.25) is 0 Å². The molecule has 0 bridgehead atoms. The number of sulfonamides is 1. The molecule has 212 valence electrons. The molecular formula is C25H35F3N4O5S. The number of alkyl halides is 3. The van der Waals surface area contributed by atoms with E-state index in [2.05, 4.69) is 30.0 Å². The Morgan fingerprint density at radius 3 is 2.26 bits per heavy atom. The van der Waals surface area contributed by atoms with Crippen molar-refractivity contribution >= 4 is 16.0 Å². The van der Waals surface area contributed by atoms with Crippen LogP contribution in [-0.4, -0.2) is 76.9 Å². The normalized spacial score (nSPS) is 19.7. The zero-order valence-electron chi connectivity index (χ0n) is 22.0. The van der Waals surface area contributed by atoms with Gasteiger partial charge in [-0.25, -0.2) is 13.2 Å². The fourth-order valence-corrected chi connectivity index (χ4v) is 6.43. The molecule has 0 unspecified atom stereocenters. The molecular weight excluding hydrogens is 525 g/mol. The molecule has 2 aliphatic heterocycles. The first-order chi connectivity index (χ1) is 17.6. The molecule has 3 heterocycles. The average molecular weight is 561 g/mol. The number of para-hydroxylation sites is 1. The number of piperidine rings is 1. The summed E-state index contributed by atoms with van der Waals surface area (Å²) in [4.78, 5) is 11.6. The van der Waals surface area contributed by atoms with E-state index in [0.29, 0.717) is 24.9 Å². The van der Waals surface area contributed by atoms with Crippen LogP contribution in [0.3, 0.4) is 0 Å². The Morgan fingerprint density at radius 1 is 1.13 bits per heavy atom. The predicted molar refractivity (Wildman–Crippen MR) is 134 cm³/mol. The third kappa shape index (κ3) is 7.06. The molecule has 1 spiro atoms. The quantitative estimate of drug-likeness (QED) is 0.599. The van der Waals surface area contributed by atoms with Crippen molar-refractivity contribution < 1.29 is 36.2 Å². The minimum absolute atomic E-state index is 0.104. The number of likely N-dealkylation sites (tertiary alicyclic amines) is 1. The van der Waals surface area contributed by atoms with Crippen LogP contribution in [0.25, 0.3) is 0 Å². The maximum Gasteiger partial charge on any atom is 0.490 e. The minimum Gasteiger partial charge on any atom is -0.492 e. The van der Waals surface area contributed by atoms with Crippen LogP contribution in [0.5, 0.6) is 5.75 Å². The van der Waals surface area contributed by atoms with Crippen LogP contribution in [0.1, 0.15) is 52.1 Å². The molecule has 1 N–H and O–H groups in total. The number of carboxylic acids is 1. The van der Waals surface area contributed by atoms with Gasteiger partial charge in [-0.05, 0) is 65.8 Å². The van der Waals surface area contributed by atoms with Crippen molar-refractivity contribution in [1.82, 2.24) is 19.0 Å². The number of aliphatic carboxylic acids is 1. The molecule has 0 atom stereocenters. The van der Waals surface area contributed by atoms with Crippen molar-refractivity contribution in [2.75, 3.05) is 26.2 Å². The number of hydrogen-bond donors (Lipinski definition) is 1. The van der Waals surface area contributed by atoms with Gasteiger partial charge in [-0.15, -0.1) is 0 Å². The summed E-state index contributed by atoms with van der Waals surface area (Å²) in [5, 5.41) is 11.6. The van der Waals surface area contributed by atoms with E-state index in [-0.39, 0.29) is 16.4 Å². The highest BCUT2D eigenvalue weighted by molar-refractivity contribution is 7.89. The lowest BCUT2D eigenvalue weighted by atomic mass is 9.78. The van der Waals surface area contributed by atoms with Crippen LogP contribution in [-0.2, 0) is 21.4 Å². The number of hydrogen-bond acceptors (Lipinski definition) is 6. The Bertz CT molecular complexity index is 1210. The molecule has 0 saturated carbocycles. The van der Waals surface area contributed by atoms with Crippen molar-refractivity contribution in [2.24, 2.45) is 5.41 Å². The Kier molecular flexibility index (Phi) is 9.15. The van der Waals surface area contributed by atoms with E-state index in [1.54, 1.807) is 22.5 Å². The summed E-state index contributed by atoms with van der Waals surface area (Å²) in [6.45, 7) is 11.9. The van der Waals surface area contributed by atoms with Crippen LogP contribution < -0.4 is 4.74 Å². The predicted octanol–water partition coefficient (Wildman–Crippen LogP) is 4.17. The first-order valence-corrected chi connectivity index (χ1v) is 13.9. The molecule has 9 nitrogen and oxygen atoms in total. The Hall–Kier alpha value is -2.64. The topological polar surface area (TPSA) is 105 Å². The van der Waals surface area contributed by atoms with Gasteiger partial charge in [0.1, 0.15) is 10.6 Å². The number of carboxylic acid groups (broad SMARTS) is 1. The fourth-order valence-electron chi connectivity index (χ4n) is 4.55. The second kappa shape index (κ2) is 11.6. The standard InChI is InChI=1S/C23H34N4O3S.C2HF3O2/c1-18(2)26-15-20(13-24-26)14-25-11-9-23(10-12-25)16-27(19(3)4)31(28,29)22-8-6-5-7-21(22)30-17-23;3-2(4,5)1(6)7/h5-8,13,15,18-19H,9-12,14,16-17H2,1-4H3;(H,6,7). The Morgan fingerprint density at radius 2 is 1.74 bits per heavy atom. The van der Waals surface area contributed by atoms with Crippen molar-refractivity contribution in [3.8, 4) is 5.75 Å². The van der Waals surface area contributed by atoms with Crippen LogP contribution in [0.4, 0.5) is 13.2 Å². The van der Waals surface area contributed by atoms with E-state index in [1.165, 1.54) is 5.56 Å². The van der Waals surface area contributed by atoms with Gasteiger partial charge in [0.15, 0.2) is 0 Å². The Balaban J connectivity index is 0.000000505. The monoisotopic (exact) mass is 560 g/mol. The summed E-state index contributed by atoms with van der Waals surface area (Å²) in [7, 11) is -3.60. The lowest BCUT2D eigenvalue weighted by Crippen LogP contribution is -2.52. The second-order valence-electron chi connectivity index (χ2n) is 10.4. The summed E-state index contributed by atoms with van der Waals surface area (Å²) in [6, 6.07) is 7.27. The van der Waals surface area contributed by atoms with Gasteiger partial charge in [0.05, 0.1) is 12.8 Å². The van der Waals surface area contributed by atoms with Gasteiger partial charge in [-0.1, -0.05) is 12.1 Å². The average Bonchev–Trinajstić information content (AvgIpc) is 3.31. The van der Waals surface area contributed by atoms with Crippen molar-refractivity contribution in [1.29, 1.82) is 0 Å². The summed E-state index contributed by atoms with van der Waals surface area (Å²) < 4.78 is 68.4. The first-order valence-electron chi connectivity index (χ1n) is 12.4. The maximum absolute atomic E-state index is 13.4. The molecule has 1 saturated heterocycles. The first kappa shape index (κ1) is 29.9. The van der Waals surface area contributed by atoms with E-state index in [0.717, 1.165) is 32.5 Å². The van der Waals surface area contributed by atoms with E-state index in [1.807, 2.05) is 30.8 Å². The maximum atomic E-state index is 13.4. The smallest absolute Gasteiger partial charge is 0.490 e. The molecule has 2 aliphatic rings. The number of fused-ring (bicyclic) bond motifs is 1. The van der Waals surface area contributed by atoms with Gasteiger partial charge in [0.25, 0.3) is 0 Å². The third-order valence-corrected chi connectivity index (χ3v) is 8.85. The molecule has 1 aromatic carbocycles. The largest absolute Gasteiger partial charge is 0.492 e. The van der Waals surface area contributed by atoms with E-state index in [4.69, 9.17) is 14.6 Å². The number of nitrogens with zero attached hydrogens (tertiary/aromatic N) is 4. The summed E-state index contributed by atoms with van der Waals surface area (Å²) in [5.41, 5.74) is 1.04. The van der Waals surface area contributed by atoms with Gasteiger partial charge in [0, 0.05) is 42.3 Å². The number of ether oxygens (including phenoxy) is 1. The zero-order valence-corrected chi connectivity index (χ0v) is 22.8. The number of benzene rings is 1. The minimum atomic E-state index is -5.08. The third-order valence-electron chi connectivity index (χ3n) is 6.79. The molecule has 1 fully saturated rings. The molecule has 2 aromatic rings. The SMILES string of the molecule is CC(C)N1CC2(CCN(Cc3cnn(C(C)C)c3)CC2)COc2ccccc2S1(=O)=O.O=C(O)C(F)(F)F. The van der Waals surface area contributed by atoms with Crippen molar-refractivity contribution in [3.05, 3.63) is 42.2 Å². The Labute approximate surface area is 221 Å². The van der Waals surface area contributed by atoms with E-state index >= 15 is 0 Å². The number of aromatic nitrogens is 2. The number of halogens is 3. The summed E-state index contributed by atoms with van der Waals surface area (Å²) in [6.07, 6.45) is 0.809. The van der Waals surface area contributed by atoms with Crippen molar-refractivity contribution in [2.45, 2.75) is 70.2 Å². The molecule has 38 heavy (non-hydrogen) atoms.